The zero-order chi connectivity index (χ0) is 19.7. The molecule has 0 aliphatic heterocycles. The average molecular weight is 377 g/mol. The topological polar surface area (TPSA) is 85.7 Å². The van der Waals surface area contributed by atoms with Crippen LogP contribution in [-0.2, 0) is 4.74 Å². The smallest absolute Gasteiger partial charge is 0.341 e. The molecule has 0 atom stereocenters. The minimum Gasteiger partial charge on any atom is -0.493 e. The highest BCUT2D eigenvalue weighted by Gasteiger charge is 2.19. The van der Waals surface area contributed by atoms with Gasteiger partial charge >= 0.3 is 5.97 Å². The molecule has 7 nitrogen and oxygen atoms in total. The van der Waals surface area contributed by atoms with Gasteiger partial charge in [-0.1, -0.05) is 30.3 Å². The SMILES string of the molecule is CCOC(=O)c1cc2[nH]c(=O)c3cnc(-c4ccccc4)n3c2cc1OCC. The Hall–Kier alpha value is -3.61. The Bertz CT molecular complexity index is 1230. The van der Waals surface area contributed by atoms with Gasteiger partial charge in [-0.05, 0) is 19.9 Å². The normalized spacial score (nSPS) is 11.1. The lowest BCUT2D eigenvalue weighted by molar-refractivity contribution is 0.0522. The van der Waals surface area contributed by atoms with Crippen molar-refractivity contribution in [3.63, 3.8) is 0 Å². The van der Waals surface area contributed by atoms with Gasteiger partial charge in [-0.2, -0.15) is 0 Å². The average Bonchev–Trinajstić information content (AvgIpc) is 3.15. The Morgan fingerprint density at radius 1 is 1.11 bits per heavy atom. The molecule has 0 saturated heterocycles. The molecule has 0 radical (unpaired) electrons. The molecule has 142 valence electrons. The van der Waals surface area contributed by atoms with E-state index in [0.717, 1.165) is 5.56 Å². The molecule has 0 amide bonds. The zero-order valence-corrected chi connectivity index (χ0v) is 15.6. The number of carbonyl (C=O) groups is 1. The molecule has 7 heteroatoms. The van der Waals surface area contributed by atoms with Gasteiger partial charge in [0.05, 0.1) is 30.4 Å². The van der Waals surface area contributed by atoms with E-state index in [9.17, 15) is 9.59 Å². The van der Waals surface area contributed by atoms with Crippen LogP contribution < -0.4 is 10.3 Å². The summed E-state index contributed by atoms with van der Waals surface area (Å²) in [6.07, 6.45) is 1.54. The van der Waals surface area contributed by atoms with Crippen molar-refractivity contribution < 1.29 is 14.3 Å². The van der Waals surface area contributed by atoms with Crippen LogP contribution in [0.5, 0.6) is 5.75 Å². The number of rotatable bonds is 5. The maximum absolute atomic E-state index is 12.6. The highest BCUT2D eigenvalue weighted by Crippen LogP contribution is 2.28. The molecule has 0 saturated carbocycles. The molecule has 0 unspecified atom stereocenters. The van der Waals surface area contributed by atoms with E-state index in [1.54, 1.807) is 29.7 Å². The van der Waals surface area contributed by atoms with E-state index >= 15 is 0 Å². The fourth-order valence-corrected chi connectivity index (χ4v) is 3.23. The largest absolute Gasteiger partial charge is 0.493 e. The van der Waals surface area contributed by atoms with Crippen LogP contribution in [-0.4, -0.2) is 33.6 Å². The van der Waals surface area contributed by atoms with Gasteiger partial charge in [0.15, 0.2) is 0 Å². The number of fused-ring (bicyclic) bond motifs is 3. The predicted octanol–water partition coefficient (Wildman–Crippen LogP) is 3.42. The number of carbonyl (C=O) groups excluding carboxylic acids is 1. The van der Waals surface area contributed by atoms with Crippen molar-refractivity contribution in [2.75, 3.05) is 13.2 Å². The van der Waals surface area contributed by atoms with Crippen LogP contribution in [0.1, 0.15) is 24.2 Å². The van der Waals surface area contributed by atoms with E-state index in [-0.39, 0.29) is 17.7 Å². The molecule has 0 aliphatic carbocycles. The second-order valence-corrected chi connectivity index (χ2v) is 6.14. The summed E-state index contributed by atoms with van der Waals surface area (Å²) < 4.78 is 12.6. The molecule has 28 heavy (non-hydrogen) atoms. The standard InChI is InChI=1S/C21H19N3O4/c1-3-27-18-11-16-15(10-14(18)21(26)28-4-2)23-20(25)17-12-22-19(24(16)17)13-8-6-5-7-9-13/h5-12H,3-4H2,1-2H3,(H,23,25). The number of ether oxygens (including phenoxy) is 2. The summed E-state index contributed by atoms with van der Waals surface area (Å²) in [6, 6.07) is 12.9. The van der Waals surface area contributed by atoms with Crippen molar-refractivity contribution in [3.8, 4) is 17.1 Å². The molecule has 0 fully saturated rings. The summed E-state index contributed by atoms with van der Waals surface area (Å²) in [5, 5.41) is 0. The van der Waals surface area contributed by atoms with E-state index in [1.165, 1.54) is 0 Å². The first kappa shape index (κ1) is 17.8. The van der Waals surface area contributed by atoms with Crippen molar-refractivity contribution in [1.82, 2.24) is 14.4 Å². The lowest BCUT2D eigenvalue weighted by Gasteiger charge is -2.13. The number of aromatic nitrogens is 3. The first-order valence-corrected chi connectivity index (χ1v) is 9.06. The fourth-order valence-electron chi connectivity index (χ4n) is 3.23. The highest BCUT2D eigenvalue weighted by atomic mass is 16.5. The zero-order valence-electron chi connectivity index (χ0n) is 15.6. The Morgan fingerprint density at radius 3 is 2.61 bits per heavy atom. The van der Waals surface area contributed by atoms with Gasteiger partial charge in [0.25, 0.3) is 5.56 Å². The van der Waals surface area contributed by atoms with Crippen LogP contribution in [0.25, 0.3) is 27.9 Å². The summed E-state index contributed by atoms with van der Waals surface area (Å²) in [6.45, 7) is 4.22. The summed E-state index contributed by atoms with van der Waals surface area (Å²) in [4.78, 5) is 32.2. The number of aromatic amines is 1. The maximum Gasteiger partial charge on any atom is 0.341 e. The molecular formula is C21H19N3O4. The number of esters is 1. The molecule has 2 heterocycles. The fraction of sp³-hybridized carbons (Fsp3) is 0.190. The first-order valence-electron chi connectivity index (χ1n) is 9.06. The molecule has 4 aromatic rings. The lowest BCUT2D eigenvalue weighted by atomic mass is 10.1. The summed E-state index contributed by atoms with van der Waals surface area (Å²) >= 11 is 0. The Kier molecular flexibility index (Phi) is 4.57. The van der Waals surface area contributed by atoms with E-state index in [4.69, 9.17) is 9.47 Å². The van der Waals surface area contributed by atoms with Crippen LogP contribution in [0, 0.1) is 0 Å². The molecular weight excluding hydrogens is 358 g/mol. The minimum atomic E-state index is -0.497. The number of benzene rings is 2. The van der Waals surface area contributed by atoms with Crippen LogP contribution in [0.2, 0.25) is 0 Å². The van der Waals surface area contributed by atoms with E-state index < -0.39 is 5.97 Å². The summed E-state index contributed by atoms with van der Waals surface area (Å²) in [5.74, 6) is 0.537. The highest BCUT2D eigenvalue weighted by molar-refractivity contribution is 5.97. The Labute approximate surface area is 160 Å². The maximum atomic E-state index is 12.6. The number of nitrogens with zero attached hydrogens (tertiary/aromatic N) is 2. The minimum absolute atomic E-state index is 0.248. The number of imidazole rings is 1. The second kappa shape index (κ2) is 7.19. The van der Waals surface area contributed by atoms with E-state index in [1.807, 2.05) is 37.3 Å². The van der Waals surface area contributed by atoms with Crippen molar-refractivity contribution in [3.05, 3.63) is 64.6 Å². The van der Waals surface area contributed by atoms with Crippen molar-refractivity contribution >= 4 is 22.5 Å². The molecule has 0 spiro atoms. The van der Waals surface area contributed by atoms with Gasteiger partial charge in [0.1, 0.15) is 22.7 Å². The number of hydrogen-bond acceptors (Lipinski definition) is 5. The van der Waals surface area contributed by atoms with Crippen LogP contribution >= 0.6 is 0 Å². The third-order valence-electron chi connectivity index (χ3n) is 4.41. The van der Waals surface area contributed by atoms with Gasteiger partial charge < -0.3 is 14.5 Å². The quantitative estimate of drug-likeness (QED) is 0.539. The number of H-pyrrole nitrogens is 1. The van der Waals surface area contributed by atoms with E-state index in [0.29, 0.717) is 34.7 Å². The first-order chi connectivity index (χ1) is 13.6. The molecule has 4 rings (SSSR count). The van der Waals surface area contributed by atoms with Gasteiger partial charge in [-0.15, -0.1) is 0 Å². The lowest BCUT2D eigenvalue weighted by Crippen LogP contribution is -2.13. The predicted molar refractivity (Wildman–Crippen MR) is 106 cm³/mol. The van der Waals surface area contributed by atoms with E-state index in [2.05, 4.69) is 9.97 Å². The third kappa shape index (κ3) is 2.90. The molecule has 0 aliphatic rings. The van der Waals surface area contributed by atoms with Gasteiger partial charge in [-0.25, -0.2) is 9.78 Å². The monoisotopic (exact) mass is 377 g/mol. The number of nitrogens with one attached hydrogen (secondary N) is 1. The second-order valence-electron chi connectivity index (χ2n) is 6.14. The summed E-state index contributed by atoms with van der Waals surface area (Å²) in [7, 11) is 0. The van der Waals surface area contributed by atoms with Crippen molar-refractivity contribution in [2.24, 2.45) is 0 Å². The van der Waals surface area contributed by atoms with Crippen molar-refractivity contribution in [2.45, 2.75) is 13.8 Å². The Morgan fingerprint density at radius 2 is 1.89 bits per heavy atom. The third-order valence-corrected chi connectivity index (χ3v) is 4.41. The Balaban J connectivity index is 2.06. The van der Waals surface area contributed by atoms with Gasteiger partial charge in [-0.3, -0.25) is 9.20 Å². The molecule has 2 aromatic carbocycles. The summed E-state index contributed by atoms with van der Waals surface area (Å²) in [5.41, 5.74) is 2.45. The molecule has 2 aromatic heterocycles. The molecule has 1 N–H and O–H groups in total. The number of hydrogen-bond donors (Lipinski definition) is 1. The van der Waals surface area contributed by atoms with Crippen molar-refractivity contribution in [1.29, 1.82) is 0 Å². The van der Waals surface area contributed by atoms with Crippen LogP contribution in [0.15, 0.2) is 53.5 Å². The van der Waals surface area contributed by atoms with Crippen LogP contribution in [0.3, 0.4) is 0 Å². The molecule has 0 bridgehead atoms. The van der Waals surface area contributed by atoms with Gasteiger partial charge in [0, 0.05) is 11.6 Å². The van der Waals surface area contributed by atoms with Crippen LogP contribution in [0.4, 0.5) is 0 Å². The van der Waals surface area contributed by atoms with Gasteiger partial charge in [0.2, 0.25) is 0 Å².